The molecule has 2 aromatic carbocycles. The molecule has 0 atom stereocenters. The first-order valence-corrected chi connectivity index (χ1v) is 9.38. The molecule has 0 radical (unpaired) electrons. The van der Waals surface area contributed by atoms with Crippen LogP contribution >= 0.6 is 0 Å². The molecule has 0 bridgehead atoms. The van der Waals surface area contributed by atoms with Crippen molar-refractivity contribution in [3.63, 3.8) is 0 Å². The van der Waals surface area contributed by atoms with E-state index in [4.69, 9.17) is 4.42 Å². The van der Waals surface area contributed by atoms with Crippen molar-refractivity contribution in [2.45, 2.75) is 18.7 Å². The second kappa shape index (κ2) is 7.05. The smallest absolute Gasteiger partial charge is 0.261 e. The van der Waals surface area contributed by atoms with Gasteiger partial charge in [-0.05, 0) is 55.3 Å². The summed E-state index contributed by atoms with van der Waals surface area (Å²) in [5, 5.41) is 2.68. The van der Waals surface area contributed by atoms with Crippen LogP contribution in [0.15, 0.2) is 70.4 Å². The molecule has 1 aromatic heterocycles. The molecule has 1 heterocycles. The SMILES string of the molecule is Cc1cccc(C)c1NS(=O)(=O)c1ccc(NC(=O)c2ccoc2)cc1. The van der Waals surface area contributed by atoms with Crippen LogP contribution in [0.25, 0.3) is 0 Å². The zero-order chi connectivity index (χ0) is 18.7. The molecule has 0 spiro atoms. The number of carbonyl (C=O) groups is 1. The molecule has 3 aromatic rings. The molecule has 0 saturated heterocycles. The molecule has 7 heteroatoms. The third-order valence-corrected chi connectivity index (χ3v) is 5.29. The zero-order valence-electron chi connectivity index (χ0n) is 14.3. The normalized spacial score (nSPS) is 11.2. The van der Waals surface area contributed by atoms with Crippen LogP contribution in [0.1, 0.15) is 21.5 Å². The first kappa shape index (κ1) is 17.8. The van der Waals surface area contributed by atoms with Gasteiger partial charge in [0.15, 0.2) is 0 Å². The Morgan fingerprint density at radius 2 is 1.62 bits per heavy atom. The predicted molar refractivity (Wildman–Crippen MR) is 99.8 cm³/mol. The summed E-state index contributed by atoms with van der Waals surface area (Å²) in [4.78, 5) is 12.1. The minimum atomic E-state index is -3.72. The van der Waals surface area contributed by atoms with Gasteiger partial charge in [-0.15, -0.1) is 0 Å². The van der Waals surface area contributed by atoms with Crippen molar-refractivity contribution in [2.24, 2.45) is 0 Å². The van der Waals surface area contributed by atoms with Crippen molar-refractivity contribution >= 4 is 27.3 Å². The molecule has 26 heavy (non-hydrogen) atoms. The van der Waals surface area contributed by atoms with Gasteiger partial charge >= 0.3 is 0 Å². The number of furan rings is 1. The highest BCUT2D eigenvalue weighted by Crippen LogP contribution is 2.24. The summed E-state index contributed by atoms with van der Waals surface area (Å²) in [5.74, 6) is -0.331. The minimum absolute atomic E-state index is 0.112. The molecule has 3 rings (SSSR count). The molecule has 0 aliphatic rings. The van der Waals surface area contributed by atoms with E-state index >= 15 is 0 Å². The second-order valence-electron chi connectivity index (χ2n) is 5.86. The average molecular weight is 370 g/mol. The maximum atomic E-state index is 12.6. The fraction of sp³-hybridized carbons (Fsp3) is 0.105. The van der Waals surface area contributed by atoms with Gasteiger partial charge in [0.2, 0.25) is 0 Å². The number of benzene rings is 2. The van der Waals surface area contributed by atoms with Crippen LogP contribution in [0.3, 0.4) is 0 Å². The van der Waals surface area contributed by atoms with Crippen molar-refractivity contribution in [3.05, 3.63) is 77.7 Å². The van der Waals surface area contributed by atoms with E-state index in [9.17, 15) is 13.2 Å². The van der Waals surface area contributed by atoms with Crippen LogP contribution < -0.4 is 10.0 Å². The third kappa shape index (κ3) is 3.78. The third-order valence-electron chi connectivity index (χ3n) is 3.92. The lowest BCUT2D eigenvalue weighted by atomic mass is 10.1. The fourth-order valence-corrected chi connectivity index (χ4v) is 3.69. The van der Waals surface area contributed by atoms with Gasteiger partial charge in [-0.1, -0.05) is 18.2 Å². The Hall–Kier alpha value is -3.06. The van der Waals surface area contributed by atoms with Gasteiger partial charge in [0, 0.05) is 5.69 Å². The van der Waals surface area contributed by atoms with Crippen LogP contribution in [0.4, 0.5) is 11.4 Å². The Kier molecular flexibility index (Phi) is 4.81. The molecular formula is C19H18N2O4S. The average Bonchev–Trinajstić information content (AvgIpc) is 3.14. The molecule has 6 nitrogen and oxygen atoms in total. The van der Waals surface area contributed by atoms with Crippen LogP contribution in [0.2, 0.25) is 0 Å². The number of hydrogen-bond acceptors (Lipinski definition) is 4. The summed E-state index contributed by atoms with van der Waals surface area (Å²) in [6.45, 7) is 3.69. The Morgan fingerprint density at radius 3 is 2.19 bits per heavy atom. The molecule has 1 amide bonds. The van der Waals surface area contributed by atoms with Gasteiger partial charge in [-0.25, -0.2) is 8.42 Å². The van der Waals surface area contributed by atoms with Gasteiger partial charge in [0.25, 0.3) is 15.9 Å². The monoisotopic (exact) mass is 370 g/mol. The summed E-state index contributed by atoms with van der Waals surface area (Å²) in [7, 11) is -3.72. The second-order valence-corrected chi connectivity index (χ2v) is 7.55. The summed E-state index contributed by atoms with van der Waals surface area (Å²) in [6.07, 6.45) is 2.74. The summed E-state index contributed by atoms with van der Waals surface area (Å²) in [5.41, 5.74) is 3.14. The lowest BCUT2D eigenvalue weighted by molar-refractivity contribution is 0.102. The van der Waals surface area contributed by atoms with Crippen LogP contribution in [-0.2, 0) is 10.0 Å². The molecule has 0 aliphatic heterocycles. The summed E-state index contributed by atoms with van der Waals surface area (Å²) >= 11 is 0. The number of aryl methyl sites for hydroxylation is 2. The molecule has 0 saturated carbocycles. The quantitative estimate of drug-likeness (QED) is 0.712. The van der Waals surface area contributed by atoms with Gasteiger partial charge in [0.05, 0.1) is 22.4 Å². The van der Waals surface area contributed by atoms with E-state index in [0.29, 0.717) is 16.9 Å². The van der Waals surface area contributed by atoms with E-state index in [2.05, 4.69) is 10.0 Å². The van der Waals surface area contributed by atoms with Gasteiger partial charge in [-0.2, -0.15) is 0 Å². The lowest BCUT2D eigenvalue weighted by Gasteiger charge is -2.13. The number of anilines is 2. The largest absolute Gasteiger partial charge is 0.472 e. The fourth-order valence-electron chi connectivity index (χ4n) is 2.48. The molecule has 2 N–H and O–H groups in total. The van der Waals surface area contributed by atoms with Gasteiger partial charge in [0.1, 0.15) is 6.26 Å². The summed E-state index contributed by atoms with van der Waals surface area (Å²) < 4.78 is 32.7. The Balaban J connectivity index is 1.78. The number of rotatable bonds is 5. The summed E-state index contributed by atoms with van der Waals surface area (Å²) in [6, 6.07) is 13.1. The molecule has 134 valence electrons. The van der Waals surface area contributed by atoms with Crippen LogP contribution in [0.5, 0.6) is 0 Å². The van der Waals surface area contributed by atoms with Crippen molar-refractivity contribution in [3.8, 4) is 0 Å². The molecule has 0 fully saturated rings. The maximum absolute atomic E-state index is 12.6. The number of nitrogens with one attached hydrogen (secondary N) is 2. The number of amides is 1. The number of carbonyl (C=O) groups excluding carboxylic acids is 1. The minimum Gasteiger partial charge on any atom is -0.472 e. The Labute approximate surface area is 151 Å². The lowest BCUT2D eigenvalue weighted by Crippen LogP contribution is -2.15. The van der Waals surface area contributed by atoms with E-state index < -0.39 is 10.0 Å². The molecular weight excluding hydrogens is 352 g/mol. The zero-order valence-corrected chi connectivity index (χ0v) is 15.1. The van der Waals surface area contributed by atoms with E-state index in [0.717, 1.165) is 11.1 Å². The van der Waals surface area contributed by atoms with Crippen molar-refractivity contribution in [1.29, 1.82) is 0 Å². The van der Waals surface area contributed by atoms with E-state index in [1.54, 1.807) is 6.07 Å². The number of para-hydroxylation sites is 1. The van der Waals surface area contributed by atoms with E-state index in [1.165, 1.54) is 36.8 Å². The number of sulfonamides is 1. The topological polar surface area (TPSA) is 88.4 Å². The van der Waals surface area contributed by atoms with Crippen molar-refractivity contribution in [2.75, 3.05) is 10.0 Å². The highest BCUT2D eigenvalue weighted by molar-refractivity contribution is 7.92. The van der Waals surface area contributed by atoms with Crippen molar-refractivity contribution < 1.29 is 17.6 Å². The van der Waals surface area contributed by atoms with E-state index in [1.807, 2.05) is 32.0 Å². The van der Waals surface area contributed by atoms with Crippen LogP contribution in [0, 0.1) is 13.8 Å². The van der Waals surface area contributed by atoms with Crippen molar-refractivity contribution in [1.82, 2.24) is 0 Å². The first-order chi connectivity index (χ1) is 12.4. The Morgan fingerprint density at radius 1 is 0.962 bits per heavy atom. The highest BCUT2D eigenvalue weighted by atomic mass is 32.2. The van der Waals surface area contributed by atoms with Gasteiger partial charge in [-0.3, -0.25) is 9.52 Å². The van der Waals surface area contributed by atoms with Crippen LogP contribution in [-0.4, -0.2) is 14.3 Å². The first-order valence-electron chi connectivity index (χ1n) is 7.89. The number of hydrogen-bond donors (Lipinski definition) is 2. The van der Waals surface area contributed by atoms with E-state index in [-0.39, 0.29) is 10.8 Å². The Bertz CT molecular complexity index is 1000. The highest BCUT2D eigenvalue weighted by Gasteiger charge is 2.17. The maximum Gasteiger partial charge on any atom is 0.261 e. The van der Waals surface area contributed by atoms with Gasteiger partial charge < -0.3 is 9.73 Å². The molecule has 0 aliphatic carbocycles. The standard InChI is InChI=1S/C19H18N2O4S/c1-13-4-3-5-14(2)18(13)21-26(23,24)17-8-6-16(7-9-17)20-19(22)15-10-11-25-12-15/h3-12,21H,1-2H3,(H,20,22). The molecule has 0 unspecified atom stereocenters. The predicted octanol–water partition coefficient (Wildman–Crippen LogP) is 3.95.